The molecule has 0 aromatic carbocycles. The molecule has 2 atom stereocenters. The van der Waals surface area contributed by atoms with E-state index in [0.717, 1.165) is 36.5 Å². The second kappa shape index (κ2) is 18.5. The molecule has 24 heavy (non-hydrogen) atoms. The Morgan fingerprint density at radius 1 is 0.542 bits per heavy atom. The normalized spacial score (nSPS) is 12.9. The summed E-state index contributed by atoms with van der Waals surface area (Å²) >= 11 is 0. The third-order valence-corrected chi connectivity index (χ3v) is 4.52. The van der Waals surface area contributed by atoms with E-state index >= 15 is 0 Å². The molecule has 0 aromatic rings. The molecule has 0 nitrogen and oxygen atoms in total. The predicted molar refractivity (Wildman–Crippen MR) is 112 cm³/mol. The van der Waals surface area contributed by atoms with Crippen LogP contribution in [0.1, 0.15) is 106 Å². The lowest BCUT2D eigenvalue weighted by molar-refractivity contribution is 0.441. The molecule has 0 radical (unpaired) electrons. The van der Waals surface area contributed by atoms with Crippen molar-refractivity contribution in [1.29, 1.82) is 0 Å². The molecule has 0 heteroatoms. The van der Waals surface area contributed by atoms with Gasteiger partial charge in [0.05, 0.1) is 0 Å². The summed E-state index contributed by atoms with van der Waals surface area (Å²) in [7, 11) is 0. The van der Waals surface area contributed by atoms with Gasteiger partial charge in [-0.3, -0.25) is 0 Å². The lowest BCUT2D eigenvalue weighted by Crippen LogP contribution is -1.96. The summed E-state index contributed by atoms with van der Waals surface area (Å²) in [6, 6.07) is 0. The van der Waals surface area contributed by atoms with Crippen molar-refractivity contribution in [2.75, 3.05) is 0 Å². The van der Waals surface area contributed by atoms with Crippen LogP contribution in [0.4, 0.5) is 0 Å². The minimum atomic E-state index is 0.819. The largest absolute Gasteiger partial charge is 0.120 e. The van der Waals surface area contributed by atoms with E-state index in [1.807, 2.05) is 0 Å². The number of hydrogen-bond donors (Lipinski definition) is 0. The summed E-state index contributed by atoms with van der Waals surface area (Å²) in [6.45, 7) is 13.7. The van der Waals surface area contributed by atoms with Crippen LogP contribution in [0.15, 0.2) is 0 Å². The monoisotopic (exact) mass is 332 g/mol. The van der Waals surface area contributed by atoms with Crippen LogP contribution >= 0.6 is 0 Å². The van der Waals surface area contributed by atoms with E-state index in [1.165, 1.54) is 51.4 Å². The van der Waals surface area contributed by atoms with Crippen molar-refractivity contribution < 1.29 is 0 Å². The van der Waals surface area contributed by atoms with Gasteiger partial charge >= 0.3 is 0 Å². The van der Waals surface area contributed by atoms with Crippen molar-refractivity contribution in [3.63, 3.8) is 0 Å². The molecule has 0 spiro atoms. The average molecular weight is 333 g/mol. The highest BCUT2D eigenvalue weighted by molar-refractivity contribution is 4.84. The molecule has 0 saturated carbocycles. The predicted octanol–water partition coefficient (Wildman–Crippen LogP) is 7.72. The first-order valence-corrected chi connectivity index (χ1v) is 10.2. The van der Waals surface area contributed by atoms with Gasteiger partial charge in [-0.2, -0.15) is 0 Å². The molecule has 0 amide bonds. The fraction of sp³-hybridized carbons (Fsp3) is 0.833. The molecule has 0 saturated heterocycles. The lowest BCUT2D eigenvalue weighted by atomic mass is 9.96. The van der Waals surface area contributed by atoms with E-state index in [9.17, 15) is 0 Å². The Kier molecular flexibility index (Phi) is 19.5. The van der Waals surface area contributed by atoms with Crippen LogP contribution < -0.4 is 0 Å². The summed E-state index contributed by atoms with van der Waals surface area (Å²) in [6.07, 6.45) is 22.9. The molecule has 140 valence electrons. The van der Waals surface area contributed by atoms with Crippen LogP contribution in [-0.2, 0) is 0 Å². The molecule has 0 aliphatic rings. The molecule has 0 aliphatic heterocycles. The number of hydrogen-bond acceptors (Lipinski definition) is 0. The number of terminal acetylenes is 2. The van der Waals surface area contributed by atoms with Crippen molar-refractivity contribution in [3.05, 3.63) is 0 Å². The lowest BCUT2D eigenvalue weighted by Gasteiger charge is -2.10. The van der Waals surface area contributed by atoms with E-state index in [0.29, 0.717) is 0 Å². The van der Waals surface area contributed by atoms with Gasteiger partial charge in [0.15, 0.2) is 0 Å². The third kappa shape index (κ3) is 23.4. The zero-order valence-electron chi connectivity index (χ0n) is 17.5. The Morgan fingerprint density at radius 3 is 1.12 bits per heavy atom. The zero-order chi connectivity index (χ0) is 18.8. The molecule has 0 fully saturated rings. The Balaban J connectivity index is 0. The first-order chi connectivity index (χ1) is 11.3. The Labute approximate surface area is 154 Å². The van der Waals surface area contributed by atoms with Crippen molar-refractivity contribution in [2.45, 2.75) is 106 Å². The van der Waals surface area contributed by atoms with Crippen molar-refractivity contribution in [3.8, 4) is 24.7 Å². The van der Waals surface area contributed by atoms with Crippen molar-refractivity contribution in [1.82, 2.24) is 0 Å². The van der Waals surface area contributed by atoms with Crippen LogP contribution in [0.2, 0.25) is 0 Å². The van der Waals surface area contributed by atoms with Gasteiger partial charge in [-0.1, -0.05) is 80.1 Å². The molecule has 0 unspecified atom stereocenters. The van der Waals surface area contributed by atoms with Gasteiger partial charge in [-0.25, -0.2) is 0 Å². The summed E-state index contributed by atoms with van der Waals surface area (Å²) in [4.78, 5) is 0. The fourth-order valence-electron chi connectivity index (χ4n) is 2.70. The van der Waals surface area contributed by atoms with Crippen LogP contribution in [-0.4, -0.2) is 0 Å². The Morgan fingerprint density at radius 2 is 0.875 bits per heavy atom. The smallest absolute Gasteiger partial charge is 0.00885 e. The highest BCUT2D eigenvalue weighted by Crippen LogP contribution is 2.16. The third-order valence-electron chi connectivity index (χ3n) is 4.52. The first-order valence-electron chi connectivity index (χ1n) is 10.2. The maximum atomic E-state index is 5.20. The minimum Gasteiger partial charge on any atom is -0.120 e. The molecular weight excluding hydrogens is 288 g/mol. The standard InChI is InChI=1S/2C12H22/c2*1-5-6-9-12(4)10-7-8-11(2)3/h2*1,11-12H,6-10H2,2-4H3/t2*12-/m10/s1. The van der Waals surface area contributed by atoms with E-state index in [-0.39, 0.29) is 0 Å². The van der Waals surface area contributed by atoms with Crippen LogP contribution in [0.5, 0.6) is 0 Å². The van der Waals surface area contributed by atoms with Gasteiger partial charge < -0.3 is 0 Å². The highest BCUT2D eigenvalue weighted by Gasteiger charge is 2.02. The molecule has 0 aliphatic carbocycles. The fourth-order valence-corrected chi connectivity index (χ4v) is 2.70. The van der Waals surface area contributed by atoms with E-state index < -0.39 is 0 Å². The van der Waals surface area contributed by atoms with E-state index in [1.54, 1.807) is 0 Å². The molecule has 0 bridgehead atoms. The SMILES string of the molecule is C#CCC[C@@H](C)CCCC(C)C.C#CCC[C@H](C)CCCC(C)C. The second-order valence-electron chi connectivity index (χ2n) is 8.35. The second-order valence-corrected chi connectivity index (χ2v) is 8.35. The molecule has 0 N–H and O–H groups in total. The quantitative estimate of drug-likeness (QED) is 0.321. The van der Waals surface area contributed by atoms with Crippen LogP contribution in [0.3, 0.4) is 0 Å². The molecule has 0 heterocycles. The van der Waals surface area contributed by atoms with Gasteiger partial charge in [0.2, 0.25) is 0 Å². The Bertz CT molecular complexity index is 289. The topological polar surface area (TPSA) is 0 Å². The maximum absolute atomic E-state index is 5.20. The summed E-state index contributed by atoms with van der Waals surface area (Å²) in [5.74, 6) is 8.74. The average Bonchev–Trinajstić information content (AvgIpc) is 2.50. The van der Waals surface area contributed by atoms with Gasteiger partial charge in [-0.05, 0) is 36.5 Å². The van der Waals surface area contributed by atoms with Gasteiger partial charge in [-0.15, -0.1) is 24.7 Å². The molecular formula is C24H44. The zero-order valence-corrected chi connectivity index (χ0v) is 17.5. The molecule has 0 rings (SSSR count). The van der Waals surface area contributed by atoms with E-state index in [4.69, 9.17) is 12.8 Å². The summed E-state index contributed by atoms with van der Waals surface area (Å²) < 4.78 is 0. The highest BCUT2D eigenvalue weighted by atomic mass is 14.1. The van der Waals surface area contributed by atoms with E-state index in [2.05, 4.69) is 53.4 Å². The Hall–Kier alpha value is -0.880. The minimum absolute atomic E-state index is 0.819. The molecule has 0 aromatic heterocycles. The summed E-state index contributed by atoms with van der Waals surface area (Å²) in [5, 5.41) is 0. The van der Waals surface area contributed by atoms with Gasteiger partial charge in [0.1, 0.15) is 0 Å². The van der Waals surface area contributed by atoms with Crippen molar-refractivity contribution in [2.24, 2.45) is 23.7 Å². The van der Waals surface area contributed by atoms with Gasteiger partial charge in [0.25, 0.3) is 0 Å². The van der Waals surface area contributed by atoms with Gasteiger partial charge in [0, 0.05) is 12.8 Å². The van der Waals surface area contributed by atoms with Crippen LogP contribution in [0.25, 0.3) is 0 Å². The number of rotatable bonds is 12. The maximum Gasteiger partial charge on any atom is 0.00885 e. The summed E-state index contributed by atoms with van der Waals surface area (Å²) in [5.41, 5.74) is 0. The first kappa shape index (κ1) is 25.4. The van der Waals surface area contributed by atoms with Crippen molar-refractivity contribution >= 4 is 0 Å². The van der Waals surface area contributed by atoms with Crippen LogP contribution in [0, 0.1) is 48.4 Å².